The number of nitrogens with zero attached hydrogens (tertiary/aromatic N) is 2. The van der Waals surface area contributed by atoms with Crippen molar-refractivity contribution in [3.8, 4) is 0 Å². The fourth-order valence-corrected chi connectivity index (χ4v) is 1.11. The molecule has 71 valence electrons. The summed E-state index contributed by atoms with van der Waals surface area (Å²) in [6, 6.07) is 0. The lowest BCUT2D eigenvalue weighted by Crippen LogP contribution is -2.10. The van der Waals surface area contributed by atoms with Crippen LogP contribution in [0.2, 0.25) is 5.02 Å². The van der Waals surface area contributed by atoms with E-state index in [2.05, 4.69) is 9.97 Å². The molecule has 0 aliphatic heterocycles. The normalized spacial score (nSPS) is 11.8. The molecule has 0 amide bonds. The third-order valence-electron chi connectivity index (χ3n) is 1.12. The molecule has 0 N–H and O–H groups in total. The molecule has 0 aromatic carbocycles. The van der Waals surface area contributed by atoms with Gasteiger partial charge >= 0.3 is 6.18 Å². The molecule has 0 aliphatic rings. The first-order chi connectivity index (χ1) is 5.95. The summed E-state index contributed by atoms with van der Waals surface area (Å²) in [5.74, 6) is 0. The molecule has 7 heteroatoms. The third-order valence-corrected chi connectivity index (χ3v) is 1.93. The molecule has 0 saturated carbocycles. The lowest BCUT2D eigenvalue weighted by atomic mass is 10.4. The highest BCUT2D eigenvalue weighted by atomic mass is 35.5. The Morgan fingerprint density at radius 1 is 1.46 bits per heavy atom. The lowest BCUT2D eigenvalue weighted by molar-refractivity contribution is -0.141. The van der Waals surface area contributed by atoms with E-state index in [-0.39, 0.29) is 5.16 Å². The monoisotopic (exact) mass is 227 g/mol. The molecule has 13 heavy (non-hydrogen) atoms. The highest BCUT2D eigenvalue weighted by molar-refractivity contribution is 7.98. The molecular weight excluding hydrogens is 225 g/mol. The van der Waals surface area contributed by atoms with Gasteiger partial charge in [0.25, 0.3) is 0 Å². The Labute approximate surface area is 81.5 Å². The van der Waals surface area contributed by atoms with Crippen LogP contribution in [-0.4, -0.2) is 16.2 Å². The van der Waals surface area contributed by atoms with Crippen molar-refractivity contribution in [1.82, 2.24) is 9.97 Å². The lowest BCUT2D eigenvalue weighted by Gasteiger charge is -2.07. The summed E-state index contributed by atoms with van der Waals surface area (Å²) in [5.41, 5.74) is -1.14. The van der Waals surface area contributed by atoms with Gasteiger partial charge in [-0.05, 0) is 6.26 Å². The SMILES string of the molecule is CSc1n[c]c(Cl)c(C(F)(F)F)n1. The first-order valence-electron chi connectivity index (χ1n) is 3.01. The average Bonchev–Trinajstić information content (AvgIpc) is 2.03. The highest BCUT2D eigenvalue weighted by Crippen LogP contribution is 2.32. The van der Waals surface area contributed by atoms with Gasteiger partial charge < -0.3 is 0 Å². The zero-order valence-electron chi connectivity index (χ0n) is 6.31. The van der Waals surface area contributed by atoms with E-state index in [4.69, 9.17) is 11.6 Å². The second-order valence-corrected chi connectivity index (χ2v) is 3.13. The van der Waals surface area contributed by atoms with E-state index in [0.717, 1.165) is 11.8 Å². The predicted molar refractivity (Wildman–Crippen MR) is 42.7 cm³/mol. The van der Waals surface area contributed by atoms with Gasteiger partial charge in [0.1, 0.15) is 6.20 Å². The van der Waals surface area contributed by atoms with Gasteiger partial charge in [0.2, 0.25) is 0 Å². The number of aromatic nitrogens is 2. The summed E-state index contributed by atoms with van der Waals surface area (Å²) in [4.78, 5) is 6.69. The molecule has 1 rings (SSSR count). The molecule has 0 spiro atoms. The fraction of sp³-hybridized carbons (Fsp3) is 0.333. The predicted octanol–water partition coefficient (Wildman–Crippen LogP) is 2.67. The maximum Gasteiger partial charge on any atom is 0.435 e. The fourth-order valence-electron chi connectivity index (χ4n) is 0.599. The maximum absolute atomic E-state index is 12.2. The van der Waals surface area contributed by atoms with Gasteiger partial charge in [0, 0.05) is 0 Å². The summed E-state index contributed by atoms with van der Waals surface area (Å²) in [7, 11) is 0. The van der Waals surface area contributed by atoms with Crippen LogP contribution in [0.5, 0.6) is 0 Å². The smallest absolute Gasteiger partial charge is 0.219 e. The summed E-state index contributed by atoms with van der Waals surface area (Å²) >= 11 is 6.22. The van der Waals surface area contributed by atoms with Gasteiger partial charge in [-0.3, -0.25) is 0 Å². The van der Waals surface area contributed by atoms with Crippen molar-refractivity contribution in [1.29, 1.82) is 0 Å². The van der Waals surface area contributed by atoms with E-state index in [1.54, 1.807) is 6.26 Å². The minimum Gasteiger partial charge on any atom is -0.219 e. The van der Waals surface area contributed by atoms with Gasteiger partial charge in [-0.1, -0.05) is 23.4 Å². The Morgan fingerprint density at radius 3 is 2.54 bits per heavy atom. The van der Waals surface area contributed by atoms with Crippen LogP contribution in [0.1, 0.15) is 5.69 Å². The quantitative estimate of drug-likeness (QED) is 0.545. The van der Waals surface area contributed by atoms with Crippen LogP contribution < -0.4 is 0 Å². The molecule has 1 aromatic heterocycles. The Hall–Kier alpha value is -0.490. The molecular formula is C6H3ClF3N2S. The number of alkyl halides is 3. The summed E-state index contributed by atoms with van der Waals surface area (Å²) in [6.45, 7) is 0. The van der Waals surface area contributed by atoms with Crippen molar-refractivity contribution < 1.29 is 13.2 Å². The molecule has 1 heterocycles. The first kappa shape index (κ1) is 10.6. The second-order valence-electron chi connectivity index (χ2n) is 1.98. The van der Waals surface area contributed by atoms with Gasteiger partial charge in [0.15, 0.2) is 10.9 Å². The molecule has 0 saturated heterocycles. The number of hydrogen-bond donors (Lipinski definition) is 0. The van der Waals surface area contributed by atoms with Crippen molar-refractivity contribution in [2.75, 3.05) is 6.26 Å². The molecule has 2 nitrogen and oxygen atoms in total. The minimum atomic E-state index is -4.55. The van der Waals surface area contributed by atoms with Crippen molar-refractivity contribution in [2.24, 2.45) is 0 Å². The van der Waals surface area contributed by atoms with E-state index in [1.165, 1.54) is 0 Å². The summed E-state index contributed by atoms with van der Waals surface area (Å²) < 4.78 is 36.5. The number of hydrogen-bond acceptors (Lipinski definition) is 3. The molecule has 0 atom stereocenters. The van der Waals surface area contributed by atoms with Crippen LogP contribution in [0.3, 0.4) is 0 Å². The van der Waals surface area contributed by atoms with Crippen molar-refractivity contribution in [3.05, 3.63) is 16.9 Å². The van der Waals surface area contributed by atoms with Crippen LogP contribution >= 0.6 is 23.4 Å². The van der Waals surface area contributed by atoms with Crippen molar-refractivity contribution in [2.45, 2.75) is 11.3 Å². The van der Waals surface area contributed by atoms with E-state index in [9.17, 15) is 13.2 Å². The zero-order chi connectivity index (χ0) is 10.1. The van der Waals surface area contributed by atoms with Crippen LogP contribution in [0.25, 0.3) is 0 Å². The van der Waals surface area contributed by atoms with Crippen molar-refractivity contribution in [3.63, 3.8) is 0 Å². The third kappa shape index (κ3) is 2.47. The molecule has 1 aromatic rings. The summed E-state index contributed by atoms with van der Waals surface area (Å²) in [6.07, 6.45) is -0.950. The van der Waals surface area contributed by atoms with Gasteiger partial charge in [-0.2, -0.15) is 13.2 Å². The first-order valence-corrected chi connectivity index (χ1v) is 4.62. The van der Waals surface area contributed by atoms with Gasteiger partial charge in [0.05, 0.1) is 5.02 Å². The number of halogens is 4. The molecule has 0 bridgehead atoms. The Balaban J connectivity index is 3.19. The molecule has 0 aliphatic carbocycles. The van der Waals surface area contributed by atoms with E-state index in [0.29, 0.717) is 0 Å². The van der Waals surface area contributed by atoms with Crippen LogP contribution in [0.15, 0.2) is 5.16 Å². The summed E-state index contributed by atoms with van der Waals surface area (Å²) in [5, 5.41) is -0.609. The number of thioether (sulfide) groups is 1. The maximum atomic E-state index is 12.2. The molecule has 0 fully saturated rings. The van der Waals surface area contributed by atoms with Crippen LogP contribution in [-0.2, 0) is 6.18 Å². The second kappa shape index (κ2) is 3.71. The largest absolute Gasteiger partial charge is 0.435 e. The number of rotatable bonds is 1. The zero-order valence-corrected chi connectivity index (χ0v) is 7.89. The Kier molecular flexibility index (Phi) is 3.02. The van der Waals surface area contributed by atoms with E-state index >= 15 is 0 Å². The topological polar surface area (TPSA) is 25.8 Å². The van der Waals surface area contributed by atoms with Gasteiger partial charge in [-0.25, -0.2) is 9.97 Å². The molecule has 0 unspecified atom stereocenters. The van der Waals surface area contributed by atoms with Crippen LogP contribution in [0, 0.1) is 6.20 Å². The Bertz CT molecular complexity index is 315. The minimum absolute atomic E-state index is 0.00303. The highest BCUT2D eigenvalue weighted by Gasteiger charge is 2.35. The Morgan fingerprint density at radius 2 is 2.08 bits per heavy atom. The van der Waals surface area contributed by atoms with Crippen molar-refractivity contribution >= 4 is 23.4 Å². The van der Waals surface area contributed by atoms with Gasteiger partial charge in [-0.15, -0.1) is 0 Å². The van der Waals surface area contributed by atoms with E-state index in [1.807, 2.05) is 6.20 Å². The van der Waals surface area contributed by atoms with E-state index < -0.39 is 16.9 Å². The van der Waals surface area contributed by atoms with Crippen LogP contribution in [0.4, 0.5) is 13.2 Å². The average molecular weight is 228 g/mol. The standard InChI is InChI=1S/C6H3ClF3N2S/c1-13-5-11-2-3(7)4(12-5)6(8,9)10/h1H3. The molecule has 1 radical (unpaired) electrons.